The van der Waals surface area contributed by atoms with Gasteiger partial charge in [-0.15, -0.1) is 0 Å². The summed E-state index contributed by atoms with van der Waals surface area (Å²) in [6, 6.07) is 2.41. The Morgan fingerprint density at radius 3 is 2.63 bits per heavy atom. The number of rotatable bonds is 5. The molecule has 8 heteroatoms. The number of sulfonamides is 1. The van der Waals surface area contributed by atoms with Gasteiger partial charge in [-0.05, 0) is 50.5 Å². The van der Waals surface area contributed by atoms with Gasteiger partial charge in [0.25, 0.3) is 0 Å². The minimum Gasteiger partial charge on any atom is -0.356 e. The lowest BCUT2D eigenvalue weighted by Gasteiger charge is -2.36. The average Bonchev–Trinajstić information content (AvgIpc) is 3.17. The topological polar surface area (TPSA) is 82.2 Å². The molecule has 0 atom stereocenters. The summed E-state index contributed by atoms with van der Waals surface area (Å²) in [4.78, 5) is 14.1. The molecule has 1 saturated heterocycles. The monoisotopic (exact) mass is 391 g/mol. The first-order valence-corrected chi connectivity index (χ1v) is 11.6. The maximum atomic E-state index is 12.7. The van der Waals surface area contributed by atoms with Gasteiger partial charge in [-0.25, -0.2) is 22.7 Å². The Bertz CT molecular complexity index is 867. The van der Waals surface area contributed by atoms with Crippen molar-refractivity contribution in [2.24, 2.45) is 5.92 Å². The molecule has 0 aromatic carbocycles. The van der Waals surface area contributed by atoms with E-state index in [2.05, 4.69) is 26.9 Å². The van der Waals surface area contributed by atoms with E-state index in [0.717, 1.165) is 61.8 Å². The van der Waals surface area contributed by atoms with Gasteiger partial charge >= 0.3 is 0 Å². The van der Waals surface area contributed by atoms with Crippen LogP contribution in [0.1, 0.15) is 44.9 Å². The Morgan fingerprint density at radius 1 is 1.15 bits per heavy atom. The van der Waals surface area contributed by atoms with E-state index >= 15 is 0 Å². The van der Waals surface area contributed by atoms with Crippen LogP contribution in [0.5, 0.6) is 0 Å². The molecule has 2 aromatic rings. The molecule has 0 unspecified atom stereocenters. The Balaban J connectivity index is 1.36. The zero-order chi connectivity index (χ0) is 18.9. The number of H-pyrrole nitrogens is 1. The number of hydrogen-bond donors (Lipinski definition) is 1. The van der Waals surface area contributed by atoms with E-state index in [4.69, 9.17) is 0 Å². The van der Waals surface area contributed by atoms with E-state index in [1.165, 1.54) is 0 Å². The minimum atomic E-state index is -3.10. The number of nitrogens with one attached hydrogen (secondary N) is 1. The van der Waals surface area contributed by atoms with Crippen LogP contribution in [0.25, 0.3) is 11.0 Å². The van der Waals surface area contributed by atoms with Crippen molar-refractivity contribution in [3.63, 3.8) is 0 Å². The molecular formula is C19H29N5O2S. The van der Waals surface area contributed by atoms with E-state index in [9.17, 15) is 8.42 Å². The van der Waals surface area contributed by atoms with Crippen LogP contribution in [-0.4, -0.2) is 59.6 Å². The molecule has 4 rings (SSSR count). The Hall–Kier alpha value is -1.67. The van der Waals surface area contributed by atoms with Crippen molar-refractivity contribution >= 4 is 26.9 Å². The maximum Gasteiger partial charge on any atom is 0.214 e. The van der Waals surface area contributed by atoms with E-state index in [-0.39, 0.29) is 5.92 Å². The third-order valence-corrected chi connectivity index (χ3v) is 8.23. The number of aromatic amines is 1. The van der Waals surface area contributed by atoms with Crippen LogP contribution >= 0.6 is 0 Å². The fraction of sp³-hybridized carbons (Fsp3) is 0.684. The van der Waals surface area contributed by atoms with Crippen LogP contribution in [0, 0.1) is 5.92 Å². The van der Waals surface area contributed by atoms with Gasteiger partial charge in [-0.2, -0.15) is 0 Å². The lowest BCUT2D eigenvalue weighted by Crippen LogP contribution is -2.41. The van der Waals surface area contributed by atoms with Crippen molar-refractivity contribution in [1.82, 2.24) is 19.3 Å². The first-order chi connectivity index (χ1) is 13.0. The molecule has 148 valence electrons. The highest BCUT2D eigenvalue weighted by Crippen LogP contribution is 2.32. The van der Waals surface area contributed by atoms with E-state index < -0.39 is 10.0 Å². The molecule has 27 heavy (non-hydrogen) atoms. The van der Waals surface area contributed by atoms with Gasteiger partial charge < -0.3 is 9.88 Å². The van der Waals surface area contributed by atoms with Crippen LogP contribution < -0.4 is 4.90 Å². The zero-order valence-electron chi connectivity index (χ0n) is 16.0. The van der Waals surface area contributed by atoms with Gasteiger partial charge in [-0.1, -0.05) is 6.42 Å². The summed E-state index contributed by atoms with van der Waals surface area (Å²) in [5, 5.41) is 1.04. The lowest BCUT2D eigenvalue weighted by atomic mass is 9.86. The van der Waals surface area contributed by atoms with Gasteiger partial charge in [0.05, 0.1) is 11.1 Å². The quantitative estimate of drug-likeness (QED) is 0.847. The predicted octanol–water partition coefficient (Wildman–Crippen LogP) is 2.77. The van der Waals surface area contributed by atoms with E-state index in [1.54, 1.807) is 10.6 Å². The second-order valence-corrected chi connectivity index (χ2v) is 9.97. The molecule has 0 spiro atoms. The standard InChI is InChI=1S/C19H29N5O2S/c1-23(19-17-9-10-20-18(17)21-14-22-19)16-7-5-15(6-8-16)13-27(25,26)24-11-3-2-4-12-24/h9-10,14-16H,2-8,11-13H2,1H3,(H,20,21,22). The summed E-state index contributed by atoms with van der Waals surface area (Å²) in [6.45, 7) is 1.42. The number of piperidine rings is 1. The second-order valence-electron chi connectivity index (χ2n) is 7.96. The van der Waals surface area contributed by atoms with Crippen LogP contribution in [0.15, 0.2) is 18.6 Å². The molecule has 1 aliphatic carbocycles. The predicted molar refractivity (Wildman–Crippen MR) is 107 cm³/mol. The fourth-order valence-corrected chi connectivity index (χ4v) is 6.51. The van der Waals surface area contributed by atoms with Crippen molar-refractivity contribution in [2.45, 2.75) is 51.0 Å². The summed E-state index contributed by atoms with van der Waals surface area (Å²) in [5.41, 5.74) is 0.855. The van der Waals surface area contributed by atoms with E-state index in [1.807, 2.05) is 12.3 Å². The fourth-order valence-electron chi connectivity index (χ4n) is 4.56. The number of hydrogen-bond acceptors (Lipinski definition) is 5. The van der Waals surface area contributed by atoms with Gasteiger partial charge in [0, 0.05) is 32.4 Å². The first kappa shape index (κ1) is 18.7. The normalized spacial score (nSPS) is 24.9. The lowest BCUT2D eigenvalue weighted by molar-refractivity contribution is 0.319. The average molecular weight is 392 g/mol. The molecule has 0 amide bonds. The van der Waals surface area contributed by atoms with Gasteiger partial charge in [0.1, 0.15) is 17.8 Å². The molecular weight excluding hydrogens is 362 g/mol. The van der Waals surface area contributed by atoms with Gasteiger partial charge in [0.15, 0.2) is 0 Å². The summed E-state index contributed by atoms with van der Waals surface area (Å²) in [6.07, 6.45) is 10.6. The molecule has 0 bridgehead atoms. The molecule has 2 fully saturated rings. The highest BCUT2D eigenvalue weighted by Gasteiger charge is 2.31. The van der Waals surface area contributed by atoms with Crippen molar-refractivity contribution in [2.75, 3.05) is 30.8 Å². The van der Waals surface area contributed by atoms with Gasteiger partial charge in [0.2, 0.25) is 10.0 Å². The van der Waals surface area contributed by atoms with Crippen LogP contribution in [-0.2, 0) is 10.0 Å². The molecule has 7 nitrogen and oxygen atoms in total. The van der Waals surface area contributed by atoms with Crippen LogP contribution in [0.3, 0.4) is 0 Å². The van der Waals surface area contributed by atoms with Gasteiger partial charge in [-0.3, -0.25) is 0 Å². The van der Waals surface area contributed by atoms with Crippen LogP contribution in [0.4, 0.5) is 5.82 Å². The molecule has 2 aromatic heterocycles. The number of aromatic nitrogens is 3. The van der Waals surface area contributed by atoms with E-state index in [0.29, 0.717) is 24.9 Å². The SMILES string of the molecule is CN(c1ncnc2[nH]ccc12)C1CCC(CS(=O)(=O)N2CCCCC2)CC1. The molecule has 3 heterocycles. The molecule has 1 N–H and O–H groups in total. The van der Waals surface area contributed by atoms with Crippen molar-refractivity contribution < 1.29 is 8.42 Å². The number of anilines is 1. The Kier molecular flexibility index (Phi) is 5.36. The summed E-state index contributed by atoms with van der Waals surface area (Å²) in [7, 11) is -1.01. The van der Waals surface area contributed by atoms with Crippen molar-refractivity contribution in [1.29, 1.82) is 0 Å². The van der Waals surface area contributed by atoms with Crippen LogP contribution in [0.2, 0.25) is 0 Å². The number of nitrogens with zero attached hydrogens (tertiary/aromatic N) is 4. The Morgan fingerprint density at radius 2 is 1.89 bits per heavy atom. The largest absolute Gasteiger partial charge is 0.356 e. The zero-order valence-corrected chi connectivity index (χ0v) is 16.8. The minimum absolute atomic E-state index is 0.277. The third-order valence-electron chi connectivity index (χ3n) is 6.19. The third kappa shape index (κ3) is 3.96. The van der Waals surface area contributed by atoms with Crippen molar-refractivity contribution in [3.8, 4) is 0 Å². The first-order valence-electron chi connectivity index (χ1n) is 10.0. The van der Waals surface area contributed by atoms with Crippen molar-refractivity contribution in [3.05, 3.63) is 18.6 Å². The highest BCUT2D eigenvalue weighted by molar-refractivity contribution is 7.89. The number of fused-ring (bicyclic) bond motifs is 1. The summed E-state index contributed by atoms with van der Waals surface area (Å²) in [5.74, 6) is 1.55. The summed E-state index contributed by atoms with van der Waals surface area (Å²) >= 11 is 0. The molecule has 2 aliphatic rings. The molecule has 0 radical (unpaired) electrons. The molecule has 1 aliphatic heterocycles. The smallest absolute Gasteiger partial charge is 0.214 e. The maximum absolute atomic E-state index is 12.7. The highest BCUT2D eigenvalue weighted by atomic mass is 32.2. The second kappa shape index (κ2) is 7.75. The molecule has 1 saturated carbocycles. The Labute approximate surface area is 161 Å². The summed E-state index contributed by atoms with van der Waals surface area (Å²) < 4.78 is 27.1.